The van der Waals surface area contributed by atoms with Crippen molar-refractivity contribution in [1.29, 1.82) is 0 Å². The number of rotatable bonds is 5. The number of carbonyl (C=O) groups is 1. The van der Waals surface area contributed by atoms with Gasteiger partial charge < -0.3 is 19.5 Å². The molecule has 0 saturated carbocycles. The van der Waals surface area contributed by atoms with Crippen LogP contribution in [0, 0.1) is 0 Å². The van der Waals surface area contributed by atoms with E-state index in [1.165, 1.54) is 11.1 Å². The van der Waals surface area contributed by atoms with E-state index in [1.54, 1.807) is 0 Å². The summed E-state index contributed by atoms with van der Waals surface area (Å²) in [5, 5.41) is 5.21. The van der Waals surface area contributed by atoms with Crippen molar-refractivity contribution in [2.24, 2.45) is 0 Å². The SMILES string of the molecule is CC(C)Oc1ccc(NC(=O)C2(c3ccc4c(c3)OCO4)Cc3ccccc3C2)c2ccccc12. The lowest BCUT2D eigenvalue weighted by Gasteiger charge is -2.29. The molecule has 0 spiro atoms. The largest absolute Gasteiger partial charge is 0.490 e. The van der Waals surface area contributed by atoms with Gasteiger partial charge in [0, 0.05) is 16.5 Å². The monoisotopic (exact) mass is 465 g/mol. The summed E-state index contributed by atoms with van der Waals surface area (Å²) in [6.45, 7) is 4.23. The van der Waals surface area contributed by atoms with E-state index in [1.807, 2.05) is 80.6 Å². The third-order valence-electron chi connectivity index (χ3n) is 6.96. The van der Waals surface area contributed by atoms with Crippen molar-refractivity contribution in [3.8, 4) is 17.2 Å². The Morgan fingerprint density at radius 2 is 1.54 bits per heavy atom. The molecule has 0 fully saturated rings. The molecule has 1 heterocycles. The molecule has 1 N–H and O–H groups in total. The third-order valence-corrected chi connectivity index (χ3v) is 6.96. The van der Waals surface area contributed by atoms with Crippen molar-refractivity contribution in [2.75, 3.05) is 12.1 Å². The minimum Gasteiger partial charge on any atom is -0.490 e. The molecule has 0 aromatic heterocycles. The molecule has 2 aliphatic rings. The summed E-state index contributed by atoms with van der Waals surface area (Å²) in [7, 11) is 0. The van der Waals surface area contributed by atoms with Gasteiger partial charge in [-0.05, 0) is 67.6 Å². The standard InChI is InChI=1S/C30H27NO4/c1-19(2)35-26-14-12-25(23-9-5-6-10-24(23)26)31-29(32)30(16-20-7-3-4-8-21(20)17-30)22-11-13-27-28(15-22)34-18-33-27/h3-15,19H,16-18H2,1-2H3,(H,31,32). The van der Waals surface area contributed by atoms with E-state index in [0.717, 1.165) is 27.8 Å². The van der Waals surface area contributed by atoms with Crippen LogP contribution >= 0.6 is 0 Å². The van der Waals surface area contributed by atoms with Crippen LogP contribution in [0.25, 0.3) is 10.8 Å². The fourth-order valence-corrected chi connectivity index (χ4v) is 5.28. The average molecular weight is 466 g/mol. The Bertz CT molecular complexity index is 1420. The fourth-order valence-electron chi connectivity index (χ4n) is 5.28. The second-order valence-corrected chi connectivity index (χ2v) is 9.55. The predicted molar refractivity (Wildman–Crippen MR) is 136 cm³/mol. The highest BCUT2D eigenvalue weighted by molar-refractivity contribution is 6.08. The molecule has 35 heavy (non-hydrogen) atoms. The van der Waals surface area contributed by atoms with Crippen LogP contribution in [-0.4, -0.2) is 18.8 Å². The Kier molecular flexibility index (Phi) is 5.14. The first-order valence-corrected chi connectivity index (χ1v) is 12.0. The smallest absolute Gasteiger partial charge is 0.235 e. The van der Waals surface area contributed by atoms with Crippen LogP contribution < -0.4 is 19.5 Å². The second-order valence-electron chi connectivity index (χ2n) is 9.55. The summed E-state index contributed by atoms with van der Waals surface area (Å²) < 4.78 is 17.2. The lowest BCUT2D eigenvalue weighted by Crippen LogP contribution is -2.41. The molecule has 1 aliphatic carbocycles. The van der Waals surface area contributed by atoms with E-state index in [0.29, 0.717) is 24.3 Å². The van der Waals surface area contributed by atoms with E-state index >= 15 is 0 Å². The zero-order valence-electron chi connectivity index (χ0n) is 19.8. The maximum absolute atomic E-state index is 14.2. The van der Waals surface area contributed by atoms with Crippen LogP contribution in [0.3, 0.4) is 0 Å². The van der Waals surface area contributed by atoms with Gasteiger partial charge in [0.1, 0.15) is 5.75 Å². The minimum atomic E-state index is -0.751. The van der Waals surface area contributed by atoms with Gasteiger partial charge in [0.25, 0.3) is 0 Å². The summed E-state index contributed by atoms with van der Waals surface area (Å²) in [5.74, 6) is 2.18. The normalized spacial score (nSPS) is 15.3. The minimum absolute atomic E-state index is 0.0322. The molecular weight excluding hydrogens is 438 g/mol. The van der Waals surface area contributed by atoms with E-state index in [-0.39, 0.29) is 18.8 Å². The number of benzene rings is 4. The zero-order chi connectivity index (χ0) is 24.0. The van der Waals surface area contributed by atoms with Crippen molar-refractivity contribution < 1.29 is 19.0 Å². The molecule has 0 saturated heterocycles. The van der Waals surface area contributed by atoms with Gasteiger partial charge >= 0.3 is 0 Å². The van der Waals surface area contributed by atoms with Crippen LogP contribution in [0.2, 0.25) is 0 Å². The highest BCUT2D eigenvalue weighted by Gasteiger charge is 2.46. The topological polar surface area (TPSA) is 56.8 Å². The molecule has 0 bridgehead atoms. The summed E-state index contributed by atoms with van der Waals surface area (Å²) >= 11 is 0. The van der Waals surface area contributed by atoms with Gasteiger partial charge in [0.05, 0.1) is 11.5 Å². The Morgan fingerprint density at radius 3 is 2.29 bits per heavy atom. The van der Waals surface area contributed by atoms with Gasteiger partial charge in [-0.2, -0.15) is 0 Å². The van der Waals surface area contributed by atoms with E-state index in [9.17, 15) is 4.79 Å². The first-order chi connectivity index (χ1) is 17.0. The molecule has 4 aromatic rings. The molecule has 5 nitrogen and oxygen atoms in total. The molecule has 6 rings (SSSR count). The lowest BCUT2D eigenvalue weighted by molar-refractivity contribution is -0.121. The molecule has 5 heteroatoms. The van der Waals surface area contributed by atoms with E-state index in [4.69, 9.17) is 14.2 Å². The summed E-state index contributed by atoms with van der Waals surface area (Å²) in [6.07, 6.45) is 1.31. The number of nitrogens with one attached hydrogen (secondary N) is 1. The van der Waals surface area contributed by atoms with Gasteiger partial charge in [-0.15, -0.1) is 0 Å². The number of anilines is 1. The predicted octanol–water partition coefficient (Wildman–Crippen LogP) is 6.03. The van der Waals surface area contributed by atoms with Crippen molar-refractivity contribution in [3.05, 3.63) is 95.6 Å². The number of carbonyl (C=O) groups excluding carboxylic acids is 1. The molecule has 0 atom stereocenters. The summed E-state index contributed by atoms with van der Waals surface area (Å²) in [6, 6.07) is 26.1. The third kappa shape index (κ3) is 3.68. The Balaban J connectivity index is 1.42. The highest BCUT2D eigenvalue weighted by Crippen LogP contribution is 2.45. The molecule has 1 amide bonds. The maximum Gasteiger partial charge on any atom is 0.235 e. The first kappa shape index (κ1) is 21.5. The van der Waals surface area contributed by atoms with E-state index < -0.39 is 5.41 Å². The van der Waals surface area contributed by atoms with Gasteiger partial charge in [0.15, 0.2) is 11.5 Å². The number of ether oxygens (including phenoxy) is 3. The zero-order valence-corrected chi connectivity index (χ0v) is 19.8. The number of hydrogen-bond acceptors (Lipinski definition) is 4. The number of fused-ring (bicyclic) bond motifs is 3. The molecule has 4 aromatic carbocycles. The van der Waals surface area contributed by atoms with Gasteiger partial charge in [-0.25, -0.2) is 0 Å². The lowest BCUT2D eigenvalue weighted by atomic mass is 9.76. The maximum atomic E-state index is 14.2. The molecule has 0 radical (unpaired) electrons. The van der Waals surface area contributed by atoms with Crippen molar-refractivity contribution in [3.63, 3.8) is 0 Å². The molecule has 176 valence electrons. The van der Waals surface area contributed by atoms with E-state index in [2.05, 4.69) is 17.4 Å². The van der Waals surface area contributed by atoms with Gasteiger partial charge in [0.2, 0.25) is 12.7 Å². The van der Waals surface area contributed by atoms with Crippen LogP contribution in [0.4, 0.5) is 5.69 Å². The second kappa shape index (κ2) is 8.35. The number of amides is 1. The Labute approximate surface area is 204 Å². The molecule has 0 unspecified atom stereocenters. The van der Waals surface area contributed by atoms with Crippen LogP contribution in [0.1, 0.15) is 30.5 Å². The fraction of sp³-hybridized carbons (Fsp3) is 0.233. The highest BCUT2D eigenvalue weighted by atomic mass is 16.7. The Morgan fingerprint density at radius 1 is 0.857 bits per heavy atom. The van der Waals surface area contributed by atoms with Crippen molar-refractivity contribution >= 4 is 22.4 Å². The first-order valence-electron chi connectivity index (χ1n) is 12.0. The number of hydrogen-bond donors (Lipinski definition) is 1. The van der Waals surface area contributed by atoms with Crippen molar-refractivity contribution in [1.82, 2.24) is 0 Å². The summed E-state index contributed by atoms with van der Waals surface area (Å²) in [4.78, 5) is 14.2. The van der Waals surface area contributed by atoms with Crippen LogP contribution in [0.5, 0.6) is 17.2 Å². The average Bonchev–Trinajstić information content (AvgIpc) is 3.50. The molecule has 1 aliphatic heterocycles. The van der Waals surface area contributed by atoms with Crippen molar-refractivity contribution in [2.45, 2.75) is 38.2 Å². The summed E-state index contributed by atoms with van der Waals surface area (Å²) in [5.41, 5.74) is 3.35. The van der Waals surface area contributed by atoms with Gasteiger partial charge in [-0.3, -0.25) is 4.79 Å². The quantitative estimate of drug-likeness (QED) is 0.391. The Hall–Kier alpha value is -3.99. The molecular formula is C30H27NO4. The van der Waals surface area contributed by atoms with Gasteiger partial charge in [-0.1, -0.05) is 54.6 Å². The van der Waals surface area contributed by atoms with Crippen LogP contribution in [-0.2, 0) is 23.1 Å². The van der Waals surface area contributed by atoms with Crippen LogP contribution in [0.15, 0.2) is 78.9 Å².